The number of carbonyl (C=O) groups is 2. The van der Waals surface area contributed by atoms with Gasteiger partial charge in [0.25, 0.3) is 0 Å². The molecule has 1 aliphatic carbocycles. The van der Waals surface area contributed by atoms with Crippen LogP contribution in [0.25, 0.3) is 0 Å². The first kappa shape index (κ1) is 22.8. The van der Waals surface area contributed by atoms with Crippen molar-refractivity contribution >= 4 is 17.5 Å². The quantitative estimate of drug-likeness (QED) is 0.490. The maximum absolute atomic E-state index is 13.6. The van der Waals surface area contributed by atoms with Crippen LogP contribution in [0.5, 0.6) is 5.75 Å². The number of ketones is 1. The van der Waals surface area contributed by atoms with Crippen LogP contribution in [0.3, 0.4) is 0 Å². The zero-order valence-corrected chi connectivity index (χ0v) is 19.6. The highest BCUT2D eigenvalue weighted by Gasteiger charge is 2.44. The summed E-state index contributed by atoms with van der Waals surface area (Å²) in [5, 5.41) is 9.84. The number of phenols is 1. The molecule has 0 saturated heterocycles. The van der Waals surface area contributed by atoms with E-state index in [2.05, 4.69) is 0 Å². The van der Waals surface area contributed by atoms with Gasteiger partial charge in [-0.3, -0.25) is 14.6 Å². The van der Waals surface area contributed by atoms with Gasteiger partial charge in [0.2, 0.25) is 0 Å². The largest absolute Gasteiger partial charge is 0.508 e. The number of Topliss-reactive ketones (excluding diaryl/α,β-unsaturated/α-hetero) is 1. The third-order valence-corrected chi connectivity index (χ3v) is 6.89. The molecule has 35 heavy (non-hydrogen) atoms. The lowest BCUT2D eigenvalue weighted by Gasteiger charge is -2.36. The molecule has 0 bridgehead atoms. The summed E-state index contributed by atoms with van der Waals surface area (Å²) >= 11 is 0. The van der Waals surface area contributed by atoms with E-state index in [0.717, 1.165) is 22.4 Å². The molecule has 1 heterocycles. The predicted octanol–water partition coefficient (Wildman–Crippen LogP) is 5.71. The molecular formula is C30H27NO4. The number of phenolic OH excluding ortho intramolecular Hbond substituents is 1. The van der Waals surface area contributed by atoms with Crippen molar-refractivity contribution in [2.45, 2.75) is 38.2 Å². The summed E-state index contributed by atoms with van der Waals surface area (Å²) in [5.41, 5.74) is 4.78. The van der Waals surface area contributed by atoms with E-state index in [9.17, 15) is 14.7 Å². The molecule has 1 unspecified atom stereocenters. The van der Waals surface area contributed by atoms with Gasteiger partial charge in [-0.2, -0.15) is 0 Å². The van der Waals surface area contributed by atoms with E-state index in [1.54, 1.807) is 24.3 Å². The number of benzene rings is 3. The summed E-state index contributed by atoms with van der Waals surface area (Å²) in [4.78, 5) is 31.8. The van der Waals surface area contributed by atoms with Crippen LogP contribution in [-0.2, 0) is 20.9 Å². The average Bonchev–Trinajstić information content (AvgIpc) is 2.88. The van der Waals surface area contributed by atoms with Crippen molar-refractivity contribution in [3.8, 4) is 5.75 Å². The van der Waals surface area contributed by atoms with Crippen LogP contribution in [0.4, 0.5) is 0 Å². The second kappa shape index (κ2) is 9.71. The number of carbonyl (C=O) groups excluding carboxylic acids is 2. The van der Waals surface area contributed by atoms with Crippen molar-refractivity contribution in [3.05, 3.63) is 113 Å². The molecule has 0 radical (unpaired) electrons. The minimum absolute atomic E-state index is 0.00953. The van der Waals surface area contributed by atoms with Crippen molar-refractivity contribution in [2.75, 3.05) is 0 Å². The summed E-state index contributed by atoms with van der Waals surface area (Å²) in [6, 6.07) is 26.3. The lowest BCUT2D eigenvalue weighted by molar-refractivity contribution is -0.148. The summed E-state index contributed by atoms with van der Waals surface area (Å²) in [7, 11) is 0. The van der Waals surface area contributed by atoms with Gasteiger partial charge in [0, 0.05) is 29.3 Å². The van der Waals surface area contributed by atoms with Gasteiger partial charge in [-0.25, -0.2) is 0 Å². The van der Waals surface area contributed by atoms with E-state index in [4.69, 9.17) is 9.73 Å². The zero-order chi connectivity index (χ0) is 24.4. The third-order valence-electron chi connectivity index (χ3n) is 6.89. The van der Waals surface area contributed by atoms with Crippen molar-refractivity contribution < 1.29 is 19.4 Å². The van der Waals surface area contributed by atoms with E-state index >= 15 is 0 Å². The number of esters is 1. The van der Waals surface area contributed by atoms with Gasteiger partial charge < -0.3 is 9.84 Å². The molecule has 176 valence electrons. The molecule has 0 amide bonds. The molecule has 5 rings (SSSR count). The number of ether oxygens (including phenoxy) is 1. The molecule has 1 N–H and O–H groups in total. The summed E-state index contributed by atoms with van der Waals surface area (Å²) in [6.07, 6.45) is 1.01. The Labute approximate surface area is 204 Å². The van der Waals surface area contributed by atoms with Crippen molar-refractivity contribution in [1.29, 1.82) is 0 Å². The van der Waals surface area contributed by atoms with Crippen molar-refractivity contribution in [1.82, 2.24) is 0 Å². The average molecular weight is 466 g/mol. The molecular weight excluding hydrogens is 438 g/mol. The first-order valence-corrected chi connectivity index (χ1v) is 11.9. The Morgan fingerprint density at radius 3 is 2.26 bits per heavy atom. The second-order valence-corrected chi connectivity index (χ2v) is 9.19. The van der Waals surface area contributed by atoms with Gasteiger partial charge in [0.1, 0.15) is 18.3 Å². The first-order chi connectivity index (χ1) is 17.0. The Kier molecular flexibility index (Phi) is 6.32. The van der Waals surface area contributed by atoms with Crippen molar-refractivity contribution in [3.63, 3.8) is 0 Å². The number of rotatable bonds is 5. The Balaban J connectivity index is 1.51. The topological polar surface area (TPSA) is 76.0 Å². The molecule has 2 aliphatic rings. The zero-order valence-electron chi connectivity index (χ0n) is 19.6. The normalized spacial score (nSPS) is 21.8. The Morgan fingerprint density at radius 1 is 0.914 bits per heavy atom. The van der Waals surface area contributed by atoms with E-state index in [1.165, 1.54) is 0 Å². The number of aromatic hydroxyl groups is 1. The van der Waals surface area contributed by atoms with E-state index < -0.39 is 17.8 Å². The smallest absolute Gasteiger partial charge is 0.315 e. The SMILES string of the molecule is CC1=NC2=C(C(=O)C[C@H](c3ccccc3)C2)[C@H](c2ccc(O)cc2)C1C(=O)OCc1ccccc1. The molecule has 3 aromatic rings. The molecule has 5 heteroatoms. The van der Waals surface area contributed by atoms with Gasteiger partial charge in [-0.05, 0) is 48.1 Å². The molecule has 1 aliphatic heterocycles. The highest BCUT2D eigenvalue weighted by molar-refractivity contribution is 6.09. The van der Waals surface area contributed by atoms with E-state index in [0.29, 0.717) is 24.1 Å². The van der Waals surface area contributed by atoms with Crippen LogP contribution in [0.1, 0.15) is 48.3 Å². The Hall–Kier alpha value is -3.99. The number of allylic oxidation sites excluding steroid dienone is 2. The Morgan fingerprint density at radius 2 is 1.57 bits per heavy atom. The summed E-state index contributed by atoms with van der Waals surface area (Å²) < 4.78 is 5.72. The first-order valence-electron chi connectivity index (χ1n) is 11.9. The summed E-state index contributed by atoms with van der Waals surface area (Å²) in [5.74, 6) is -1.42. The number of hydrogen-bond donors (Lipinski definition) is 1. The fraction of sp³-hybridized carbons (Fsp3) is 0.233. The predicted molar refractivity (Wildman–Crippen MR) is 134 cm³/mol. The molecule has 3 aromatic carbocycles. The van der Waals surface area contributed by atoms with Crippen LogP contribution >= 0.6 is 0 Å². The monoisotopic (exact) mass is 465 g/mol. The maximum atomic E-state index is 13.6. The fourth-order valence-electron chi connectivity index (χ4n) is 5.19. The molecule has 0 fully saturated rings. The van der Waals surface area contributed by atoms with Crippen LogP contribution in [0, 0.1) is 5.92 Å². The van der Waals surface area contributed by atoms with E-state index in [-0.39, 0.29) is 24.1 Å². The van der Waals surface area contributed by atoms with Crippen molar-refractivity contribution in [2.24, 2.45) is 10.9 Å². The number of nitrogens with zero attached hydrogens (tertiary/aromatic N) is 1. The van der Waals surface area contributed by atoms with Gasteiger partial charge in [-0.1, -0.05) is 72.8 Å². The number of hydrogen-bond acceptors (Lipinski definition) is 5. The van der Waals surface area contributed by atoms with E-state index in [1.807, 2.05) is 67.6 Å². The second-order valence-electron chi connectivity index (χ2n) is 9.19. The minimum Gasteiger partial charge on any atom is -0.508 e. The van der Waals surface area contributed by atoms with Gasteiger partial charge in [0.15, 0.2) is 5.78 Å². The highest BCUT2D eigenvalue weighted by Crippen LogP contribution is 2.47. The van der Waals surface area contributed by atoms with Crippen LogP contribution in [-0.4, -0.2) is 22.6 Å². The number of aliphatic imine (C=N–C) groups is 1. The van der Waals surface area contributed by atoms with Gasteiger partial charge >= 0.3 is 5.97 Å². The molecule has 0 aromatic heterocycles. The van der Waals surface area contributed by atoms with Crippen LogP contribution in [0.15, 0.2) is 101 Å². The molecule has 3 atom stereocenters. The summed E-state index contributed by atoms with van der Waals surface area (Å²) in [6.45, 7) is 1.99. The van der Waals surface area contributed by atoms with Gasteiger partial charge in [0.05, 0.1) is 0 Å². The highest BCUT2D eigenvalue weighted by atomic mass is 16.5. The molecule has 0 spiro atoms. The van der Waals surface area contributed by atoms with Crippen LogP contribution in [0.2, 0.25) is 0 Å². The molecule has 0 saturated carbocycles. The Bertz CT molecular complexity index is 1290. The fourth-order valence-corrected chi connectivity index (χ4v) is 5.19. The minimum atomic E-state index is -0.709. The third kappa shape index (κ3) is 4.67. The maximum Gasteiger partial charge on any atom is 0.315 e. The van der Waals surface area contributed by atoms with Gasteiger partial charge in [-0.15, -0.1) is 0 Å². The lowest BCUT2D eigenvalue weighted by atomic mass is 9.69. The standard InChI is InChI=1S/C30H27NO4/c1-19-27(30(34)35-18-20-8-4-2-5-9-20)28(22-12-14-24(32)15-13-22)29-25(31-19)16-23(17-26(29)33)21-10-6-3-7-11-21/h2-15,23,27-28,32H,16-18H2,1H3/t23-,27?,28-/m1/s1. The molecule has 5 nitrogen and oxygen atoms in total. The van der Waals surface area contributed by atoms with Crippen LogP contribution < -0.4 is 0 Å². The lowest BCUT2D eigenvalue weighted by Crippen LogP contribution is -2.38.